The van der Waals surface area contributed by atoms with Gasteiger partial charge < -0.3 is 10.4 Å². The third kappa shape index (κ3) is 2.76. The Kier molecular flexibility index (Phi) is 3.35. The highest BCUT2D eigenvalue weighted by atomic mass is 35.5. The number of hydrogen-bond acceptors (Lipinski definition) is 3. The number of aliphatic hydroxyl groups excluding tert-OH is 1. The lowest BCUT2D eigenvalue weighted by molar-refractivity contribution is 0.0824. The fourth-order valence-corrected chi connectivity index (χ4v) is 2.04. The van der Waals surface area contributed by atoms with Crippen LogP contribution in [0.15, 0.2) is 18.3 Å². The van der Waals surface area contributed by atoms with E-state index in [1.807, 2.05) is 6.92 Å². The van der Waals surface area contributed by atoms with Gasteiger partial charge in [-0.1, -0.05) is 11.6 Å². The van der Waals surface area contributed by atoms with Crippen LogP contribution in [0.4, 0.5) is 0 Å². The van der Waals surface area contributed by atoms with Gasteiger partial charge in [-0.15, -0.1) is 0 Å². The molecular weight excluding hydrogens is 240 g/mol. The predicted molar refractivity (Wildman–Crippen MR) is 64.9 cm³/mol. The van der Waals surface area contributed by atoms with Crippen LogP contribution in [-0.2, 0) is 0 Å². The second-order valence-electron chi connectivity index (χ2n) is 4.67. The maximum absolute atomic E-state index is 12.0. The number of amides is 1. The molecule has 0 spiro atoms. The van der Waals surface area contributed by atoms with Crippen molar-refractivity contribution in [3.63, 3.8) is 0 Å². The van der Waals surface area contributed by atoms with Crippen LogP contribution >= 0.6 is 11.6 Å². The number of halogens is 1. The van der Waals surface area contributed by atoms with Gasteiger partial charge in [0.15, 0.2) is 0 Å². The lowest BCUT2D eigenvalue weighted by Gasteiger charge is -2.28. The summed E-state index contributed by atoms with van der Waals surface area (Å²) >= 11 is 5.73. The van der Waals surface area contributed by atoms with Gasteiger partial charge in [-0.3, -0.25) is 4.79 Å². The summed E-state index contributed by atoms with van der Waals surface area (Å²) in [7, 11) is 0. The van der Waals surface area contributed by atoms with Gasteiger partial charge in [0.1, 0.15) is 5.15 Å². The maximum atomic E-state index is 12.0. The molecule has 1 heterocycles. The number of nitrogens with one attached hydrogen (secondary N) is 1. The molecule has 1 atom stereocenters. The van der Waals surface area contributed by atoms with Crippen molar-refractivity contribution in [3.8, 4) is 0 Å². The number of aliphatic hydroxyl groups is 1. The van der Waals surface area contributed by atoms with Crippen LogP contribution in [0, 0.1) is 5.92 Å². The van der Waals surface area contributed by atoms with E-state index in [4.69, 9.17) is 11.6 Å². The molecule has 0 saturated heterocycles. The van der Waals surface area contributed by atoms with Gasteiger partial charge in [-0.2, -0.15) is 0 Å². The second-order valence-corrected chi connectivity index (χ2v) is 5.06. The Hall–Kier alpha value is -1.13. The molecule has 2 N–H and O–H groups in total. The molecule has 1 aliphatic carbocycles. The summed E-state index contributed by atoms with van der Waals surface area (Å²) in [5.74, 6) is 0.145. The van der Waals surface area contributed by atoms with Crippen molar-refractivity contribution in [2.75, 3.05) is 6.61 Å². The molecule has 1 aromatic heterocycles. The van der Waals surface area contributed by atoms with E-state index in [1.54, 1.807) is 6.07 Å². The van der Waals surface area contributed by atoms with E-state index >= 15 is 0 Å². The fraction of sp³-hybridized carbons (Fsp3) is 0.500. The average molecular weight is 255 g/mol. The number of aromatic nitrogens is 1. The summed E-state index contributed by atoms with van der Waals surface area (Å²) in [6, 6.07) is 3.12. The fourth-order valence-electron chi connectivity index (χ4n) is 1.87. The molecule has 1 saturated carbocycles. The van der Waals surface area contributed by atoms with Gasteiger partial charge in [0.2, 0.25) is 0 Å². The molecule has 92 valence electrons. The molecule has 5 heteroatoms. The van der Waals surface area contributed by atoms with Crippen molar-refractivity contribution in [2.45, 2.75) is 25.3 Å². The van der Waals surface area contributed by atoms with E-state index in [9.17, 15) is 9.90 Å². The molecule has 1 unspecified atom stereocenters. The van der Waals surface area contributed by atoms with Crippen molar-refractivity contribution in [2.24, 2.45) is 5.92 Å². The molecular formula is C12H15ClN2O2. The average Bonchev–Trinajstić information content (AvgIpc) is 3.13. The first-order valence-electron chi connectivity index (χ1n) is 5.60. The molecule has 0 aromatic carbocycles. The van der Waals surface area contributed by atoms with Crippen LogP contribution in [0.2, 0.25) is 5.15 Å². The van der Waals surface area contributed by atoms with Crippen molar-refractivity contribution < 1.29 is 9.90 Å². The zero-order valence-electron chi connectivity index (χ0n) is 9.61. The minimum atomic E-state index is -0.535. The quantitative estimate of drug-likeness (QED) is 0.803. The molecule has 4 nitrogen and oxygen atoms in total. The molecule has 1 aromatic rings. The van der Waals surface area contributed by atoms with Crippen LogP contribution in [0.25, 0.3) is 0 Å². The van der Waals surface area contributed by atoms with Crippen molar-refractivity contribution >= 4 is 17.5 Å². The van der Waals surface area contributed by atoms with Crippen LogP contribution in [0.5, 0.6) is 0 Å². The predicted octanol–water partition coefficient (Wildman–Crippen LogP) is 1.63. The van der Waals surface area contributed by atoms with Crippen LogP contribution in [-0.4, -0.2) is 28.1 Å². The molecule has 2 rings (SSSR count). The van der Waals surface area contributed by atoms with Gasteiger partial charge in [0, 0.05) is 11.8 Å². The Morgan fingerprint density at radius 2 is 2.41 bits per heavy atom. The van der Waals surface area contributed by atoms with Crippen LogP contribution in [0.1, 0.15) is 30.1 Å². The van der Waals surface area contributed by atoms with E-state index in [2.05, 4.69) is 10.3 Å². The third-order valence-corrected chi connectivity index (χ3v) is 3.40. The van der Waals surface area contributed by atoms with Crippen molar-refractivity contribution in [1.29, 1.82) is 0 Å². The Bertz CT molecular complexity index is 434. The summed E-state index contributed by atoms with van der Waals surface area (Å²) in [6.07, 6.45) is 3.59. The van der Waals surface area contributed by atoms with Gasteiger partial charge in [-0.05, 0) is 37.8 Å². The topological polar surface area (TPSA) is 62.2 Å². The molecule has 1 amide bonds. The zero-order chi connectivity index (χ0) is 12.5. The minimum Gasteiger partial charge on any atom is -0.394 e. The highest BCUT2D eigenvalue weighted by molar-refractivity contribution is 6.29. The molecule has 1 fully saturated rings. The van der Waals surface area contributed by atoms with Gasteiger partial charge in [-0.25, -0.2) is 4.98 Å². The normalized spacial score (nSPS) is 18.5. The van der Waals surface area contributed by atoms with Crippen molar-refractivity contribution in [3.05, 3.63) is 29.0 Å². The highest BCUT2D eigenvalue weighted by Crippen LogP contribution is 2.39. The number of rotatable bonds is 4. The van der Waals surface area contributed by atoms with E-state index < -0.39 is 5.54 Å². The minimum absolute atomic E-state index is 0.0534. The Morgan fingerprint density at radius 1 is 1.71 bits per heavy atom. The Labute approximate surface area is 105 Å². The lowest BCUT2D eigenvalue weighted by Crippen LogP contribution is -2.50. The van der Waals surface area contributed by atoms with E-state index in [1.165, 1.54) is 12.3 Å². The first-order chi connectivity index (χ1) is 8.05. The summed E-state index contributed by atoms with van der Waals surface area (Å²) in [4.78, 5) is 15.8. The number of carbonyl (C=O) groups excluding carboxylic acids is 1. The summed E-state index contributed by atoms with van der Waals surface area (Å²) in [5, 5.41) is 12.6. The molecule has 0 aliphatic heterocycles. The number of carbonyl (C=O) groups is 1. The largest absolute Gasteiger partial charge is 0.394 e. The second kappa shape index (κ2) is 4.63. The van der Waals surface area contributed by atoms with Gasteiger partial charge >= 0.3 is 0 Å². The molecule has 1 aliphatic rings. The van der Waals surface area contributed by atoms with E-state index in [0.717, 1.165) is 12.8 Å². The highest BCUT2D eigenvalue weighted by Gasteiger charge is 2.42. The maximum Gasteiger partial charge on any atom is 0.251 e. The lowest BCUT2D eigenvalue weighted by atomic mass is 9.96. The number of nitrogens with zero attached hydrogens (tertiary/aromatic N) is 1. The van der Waals surface area contributed by atoms with Gasteiger partial charge in [0.05, 0.1) is 12.1 Å². The summed E-state index contributed by atoms with van der Waals surface area (Å²) < 4.78 is 0. The zero-order valence-corrected chi connectivity index (χ0v) is 10.4. The SMILES string of the molecule is CC(CO)(NC(=O)c1ccnc(Cl)c1)C1CC1. The molecule has 0 bridgehead atoms. The smallest absolute Gasteiger partial charge is 0.251 e. The molecule has 0 radical (unpaired) electrons. The monoisotopic (exact) mass is 254 g/mol. The summed E-state index contributed by atoms with van der Waals surface area (Å²) in [6.45, 7) is 1.81. The molecule has 17 heavy (non-hydrogen) atoms. The number of hydrogen-bond donors (Lipinski definition) is 2. The first kappa shape index (κ1) is 12.3. The number of pyridine rings is 1. The van der Waals surface area contributed by atoms with Crippen molar-refractivity contribution in [1.82, 2.24) is 10.3 Å². The van der Waals surface area contributed by atoms with E-state index in [-0.39, 0.29) is 17.7 Å². The van der Waals surface area contributed by atoms with E-state index in [0.29, 0.717) is 11.5 Å². The van der Waals surface area contributed by atoms with Crippen LogP contribution in [0.3, 0.4) is 0 Å². The Morgan fingerprint density at radius 3 is 2.94 bits per heavy atom. The van der Waals surface area contributed by atoms with Gasteiger partial charge in [0.25, 0.3) is 5.91 Å². The Balaban J connectivity index is 2.10. The third-order valence-electron chi connectivity index (χ3n) is 3.19. The first-order valence-corrected chi connectivity index (χ1v) is 5.98. The van der Waals surface area contributed by atoms with Crippen LogP contribution < -0.4 is 5.32 Å². The standard InChI is InChI=1S/C12H15ClN2O2/c1-12(7-16,9-2-3-9)15-11(17)8-4-5-14-10(13)6-8/h4-6,9,16H,2-3,7H2,1H3,(H,15,17). The summed E-state index contributed by atoms with van der Waals surface area (Å²) in [5.41, 5.74) is -0.0716.